The lowest BCUT2D eigenvalue weighted by Crippen LogP contribution is -2.44. The predicted octanol–water partition coefficient (Wildman–Crippen LogP) is 2.16. The van der Waals surface area contributed by atoms with Crippen LogP contribution < -0.4 is 0 Å². The van der Waals surface area contributed by atoms with Crippen LogP contribution in [0.25, 0.3) is 11.4 Å². The van der Waals surface area contributed by atoms with E-state index in [1.54, 1.807) is 13.2 Å². The summed E-state index contributed by atoms with van der Waals surface area (Å²) in [5.41, 5.74) is 1.56. The molecule has 8 heteroatoms. The molecule has 8 nitrogen and oxygen atoms in total. The summed E-state index contributed by atoms with van der Waals surface area (Å²) < 4.78 is 2.07. The molecule has 4 rings (SSSR count). The lowest BCUT2D eigenvalue weighted by molar-refractivity contribution is 0.0595. The minimum absolute atomic E-state index is 0.101. The van der Waals surface area contributed by atoms with E-state index < -0.39 is 0 Å². The molecule has 0 radical (unpaired) electrons. The maximum Gasteiger partial charge on any atom is 0.254 e. The van der Waals surface area contributed by atoms with Crippen molar-refractivity contribution in [3.63, 3.8) is 0 Å². The molecule has 1 aliphatic rings. The first-order valence-electron chi connectivity index (χ1n) is 9.32. The number of tetrazole rings is 1. The maximum absolute atomic E-state index is 13.1. The maximum atomic E-state index is 13.1. The number of benzene rings is 1. The number of carbonyl (C=O) groups is 1. The highest BCUT2D eigenvalue weighted by Crippen LogP contribution is 2.23. The zero-order valence-corrected chi connectivity index (χ0v) is 15.4. The van der Waals surface area contributed by atoms with Gasteiger partial charge in [0.15, 0.2) is 0 Å². The molecule has 1 aliphatic heterocycles. The number of carbonyl (C=O) groups excluding carboxylic acids is 1. The molecule has 140 valence electrons. The summed E-state index contributed by atoms with van der Waals surface area (Å²) in [7, 11) is 1.73. The number of hydrogen-bond acceptors (Lipinski definition) is 5. The van der Waals surface area contributed by atoms with Crippen LogP contribution >= 0.6 is 0 Å². The minimum atomic E-state index is 0.101. The van der Waals surface area contributed by atoms with Crippen LogP contribution in [0.5, 0.6) is 0 Å². The number of aromatic nitrogens is 6. The molecule has 0 aliphatic carbocycles. The van der Waals surface area contributed by atoms with Crippen LogP contribution in [0.3, 0.4) is 0 Å². The highest BCUT2D eigenvalue weighted by atomic mass is 16.2. The number of aryl methyl sites for hydroxylation is 2. The topological polar surface area (TPSA) is 81.7 Å². The first kappa shape index (κ1) is 17.4. The smallest absolute Gasteiger partial charge is 0.254 e. The van der Waals surface area contributed by atoms with Gasteiger partial charge in [0.25, 0.3) is 5.91 Å². The van der Waals surface area contributed by atoms with Crippen molar-refractivity contribution in [3.05, 3.63) is 48.5 Å². The Morgan fingerprint density at radius 3 is 2.78 bits per heavy atom. The van der Waals surface area contributed by atoms with Gasteiger partial charge in [-0.15, -0.1) is 10.2 Å². The second-order valence-corrected chi connectivity index (χ2v) is 6.92. The monoisotopic (exact) mass is 365 g/mol. The second-order valence-electron chi connectivity index (χ2n) is 6.92. The van der Waals surface area contributed by atoms with Gasteiger partial charge in [-0.1, -0.05) is 12.1 Å². The summed E-state index contributed by atoms with van der Waals surface area (Å²) in [6.45, 7) is 1.70. The number of amides is 1. The summed E-state index contributed by atoms with van der Waals surface area (Å²) in [5, 5.41) is 12.1. The van der Waals surface area contributed by atoms with Gasteiger partial charge in [-0.2, -0.15) is 4.80 Å². The molecule has 3 heterocycles. The van der Waals surface area contributed by atoms with E-state index in [9.17, 15) is 4.79 Å². The molecule has 3 aromatic rings. The van der Waals surface area contributed by atoms with Crippen molar-refractivity contribution in [2.24, 2.45) is 7.05 Å². The average Bonchev–Trinajstić information content (AvgIpc) is 3.38. The zero-order valence-electron chi connectivity index (χ0n) is 15.4. The van der Waals surface area contributed by atoms with Gasteiger partial charge in [-0.25, -0.2) is 4.98 Å². The van der Waals surface area contributed by atoms with Gasteiger partial charge >= 0.3 is 0 Å². The molecule has 1 aromatic carbocycles. The largest absolute Gasteiger partial charge is 0.337 e. The van der Waals surface area contributed by atoms with Crippen LogP contribution in [0.15, 0.2) is 43.0 Å². The van der Waals surface area contributed by atoms with Crippen molar-refractivity contribution in [1.29, 1.82) is 0 Å². The Balaban J connectivity index is 1.46. The summed E-state index contributed by atoms with van der Waals surface area (Å²) in [4.78, 5) is 20.6. The normalized spacial score (nSPS) is 17.2. The third-order valence-electron chi connectivity index (χ3n) is 5.07. The van der Waals surface area contributed by atoms with Crippen LogP contribution in [-0.4, -0.2) is 53.2 Å². The van der Waals surface area contributed by atoms with E-state index in [0.29, 0.717) is 11.4 Å². The summed E-state index contributed by atoms with van der Waals surface area (Å²) in [6.07, 6.45) is 9.83. The van der Waals surface area contributed by atoms with Crippen molar-refractivity contribution in [3.8, 4) is 11.4 Å². The van der Waals surface area contributed by atoms with Gasteiger partial charge in [0.05, 0.1) is 13.4 Å². The highest BCUT2D eigenvalue weighted by Gasteiger charge is 2.27. The SMILES string of the molecule is Cn1nnc(-c2ccc(C(=O)N3CCCCC3CCn3ccnc3)cc2)n1. The molecular formula is C19H23N7O. The number of imidazole rings is 1. The lowest BCUT2D eigenvalue weighted by atomic mass is 9.98. The number of nitrogens with zero attached hydrogens (tertiary/aromatic N) is 7. The molecule has 1 fully saturated rings. The second kappa shape index (κ2) is 7.69. The molecule has 0 bridgehead atoms. The molecule has 1 amide bonds. The van der Waals surface area contributed by atoms with Crippen LogP contribution in [-0.2, 0) is 13.6 Å². The number of likely N-dealkylation sites (tertiary alicyclic amines) is 1. The fourth-order valence-electron chi connectivity index (χ4n) is 3.61. The van der Waals surface area contributed by atoms with E-state index in [0.717, 1.165) is 37.9 Å². The summed E-state index contributed by atoms with van der Waals surface area (Å²) >= 11 is 0. The molecule has 0 N–H and O–H groups in total. The first-order valence-corrected chi connectivity index (χ1v) is 9.32. The predicted molar refractivity (Wildman–Crippen MR) is 99.8 cm³/mol. The van der Waals surface area contributed by atoms with Gasteiger partial charge in [-0.3, -0.25) is 4.79 Å². The number of piperidine rings is 1. The fraction of sp³-hybridized carbons (Fsp3) is 0.421. The van der Waals surface area contributed by atoms with Gasteiger partial charge in [0, 0.05) is 42.7 Å². The summed E-state index contributed by atoms with van der Waals surface area (Å²) in [5.74, 6) is 0.664. The number of hydrogen-bond donors (Lipinski definition) is 0. The Morgan fingerprint density at radius 2 is 2.07 bits per heavy atom. The van der Waals surface area contributed by atoms with Crippen LogP contribution in [0.1, 0.15) is 36.0 Å². The van der Waals surface area contributed by atoms with Gasteiger partial charge < -0.3 is 9.47 Å². The van der Waals surface area contributed by atoms with Gasteiger partial charge in [-0.05, 0) is 43.0 Å². The van der Waals surface area contributed by atoms with Crippen LogP contribution in [0, 0.1) is 0 Å². The third kappa shape index (κ3) is 3.89. The Kier molecular flexibility index (Phi) is 4.95. The molecule has 0 spiro atoms. The Morgan fingerprint density at radius 1 is 1.22 bits per heavy atom. The van der Waals surface area contributed by atoms with Crippen molar-refractivity contribution in [2.45, 2.75) is 38.3 Å². The van der Waals surface area contributed by atoms with E-state index in [-0.39, 0.29) is 11.9 Å². The number of rotatable bonds is 5. The Bertz CT molecular complexity index is 885. The average molecular weight is 365 g/mol. The molecule has 2 aromatic heterocycles. The Labute approximate surface area is 157 Å². The van der Waals surface area contributed by atoms with Crippen molar-refractivity contribution >= 4 is 5.91 Å². The van der Waals surface area contributed by atoms with E-state index >= 15 is 0 Å². The third-order valence-corrected chi connectivity index (χ3v) is 5.07. The zero-order chi connectivity index (χ0) is 18.6. The Hall–Kier alpha value is -3.03. The minimum Gasteiger partial charge on any atom is -0.337 e. The van der Waals surface area contributed by atoms with Crippen LogP contribution in [0.2, 0.25) is 0 Å². The standard InChI is InChI=1S/C19H23N7O/c1-24-22-18(21-23-24)15-5-7-16(8-6-15)19(27)26-11-3-2-4-17(26)9-12-25-13-10-20-14-25/h5-8,10,13-14,17H,2-4,9,11-12H2,1H3. The van der Waals surface area contributed by atoms with E-state index in [1.807, 2.05) is 41.7 Å². The molecule has 27 heavy (non-hydrogen) atoms. The molecule has 1 saturated heterocycles. The summed E-state index contributed by atoms with van der Waals surface area (Å²) in [6, 6.07) is 7.75. The van der Waals surface area contributed by atoms with Crippen molar-refractivity contribution < 1.29 is 4.79 Å². The molecular weight excluding hydrogens is 342 g/mol. The molecule has 0 saturated carbocycles. The van der Waals surface area contributed by atoms with E-state index in [2.05, 4.69) is 25.0 Å². The molecule has 1 atom stereocenters. The van der Waals surface area contributed by atoms with E-state index in [1.165, 1.54) is 11.2 Å². The van der Waals surface area contributed by atoms with Gasteiger partial charge in [0.2, 0.25) is 5.82 Å². The van der Waals surface area contributed by atoms with E-state index in [4.69, 9.17) is 0 Å². The van der Waals surface area contributed by atoms with Gasteiger partial charge in [0.1, 0.15) is 0 Å². The van der Waals surface area contributed by atoms with Crippen molar-refractivity contribution in [2.75, 3.05) is 6.54 Å². The fourth-order valence-corrected chi connectivity index (χ4v) is 3.61. The van der Waals surface area contributed by atoms with Crippen LogP contribution in [0.4, 0.5) is 0 Å². The van der Waals surface area contributed by atoms with Crippen molar-refractivity contribution in [1.82, 2.24) is 34.7 Å². The quantitative estimate of drug-likeness (QED) is 0.692. The lowest BCUT2D eigenvalue weighted by Gasteiger charge is -2.36. The highest BCUT2D eigenvalue weighted by molar-refractivity contribution is 5.94. The first-order chi connectivity index (χ1) is 13.2. The molecule has 1 unspecified atom stereocenters.